The Bertz CT molecular complexity index is 352. The number of ether oxygens (including phenoxy) is 2. The Kier molecular flexibility index (Phi) is 6.66. The molecule has 1 rings (SSSR count). The van der Waals surface area contributed by atoms with Crippen molar-refractivity contribution in [3.05, 3.63) is 29.8 Å². The molecule has 0 amide bonds. The molecule has 0 aliphatic heterocycles. The smallest absolute Gasteiger partial charge is 0.389 e. The normalized spacial score (nSPS) is 11.6. The topological polar surface area (TPSA) is 44.5 Å². The van der Waals surface area contributed by atoms with E-state index in [-0.39, 0.29) is 19.6 Å². The average molecular weight is 277 g/mol. The molecule has 0 aromatic heterocycles. The summed E-state index contributed by atoms with van der Waals surface area (Å²) >= 11 is 0. The maximum absolute atomic E-state index is 11.8. The number of halogens is 3. The summed E-state index contributed by atoms with van der Waals surface area (Å²) in [5.41, 5.74) is 6.47. The van der Waals surface area contributed by atoms with Crippen molar-refractivity contribution in [2.24, 2.45) is 5.73 Å². The molecule has 108 valence electrons. The molecule has 0 heterocycles. The van der Waals surface area contributed by atoms with E-state index >= 15 is 0 Å². The van der Waals surface area contributed by atoms with Crippen LogP contribution >= 0.6 is 0 Å². The van der Waals surface area contributed by atoms with Gasteiger partial charge in [-0.15, -0.1) is 0 Å². The molecular weight excluding hydrogens is 259 g/mol. The van der Waals surface area contributed by atoms with Crippen LogP contribution in [0.2, 0.25) is 0 Å². The van der Waals surface area contributed by atoms with E-state index in [4.69, 9.17) is 15.2 Å². The fraction of sp³-hybridized carbons (Fsp3) is 0.538. The Morgan fingerprint density at radius 2 is 1.68 bits per heavy atom. The molecule has 0 radical (unpaired) electrons. The van der Waals surface area contributed by atoms with E-state index in [2.05, 4.69) is 0 Å². The van der Waals surface area contributed by atoms with Crippen molar-refractivity contribution < 1.29 is 22.6 Å². The second kappa shape index (κ2) is 8.01. The Labute approximate surface area is 110 Å². The van der Waals surface area contributed by atoms with Gasteiger partial charge in [-0.3, -0.25) is 0 Å². The largest absolute Gasteiger partial charge is 0.491 e. The van der Waals surface area contributed by atoms with Crippen LogP contribution in [0.3, 0.4) is 0 Å². The average Bonchev–Trinajstić information content (AvgIpc) is 2.37. The lowest BCUT2D eigenvalue weighted by molar-refractivity contribution is -0.138. The van der Waals surface area contributed by atoms with Gasteiger partial charge in [-0.25, -0.2) is 0 Å². The van der Waals surface area contributed by atoms with Gasteiger partial charge < -0.3 is 15.2 Å². The highest BCUT2D eigenvalue weighted by molar-refractivity contribution is 5.26. The number of alkyl halides is 3. The van der Waals surface area contributed by atoms with E-state index in [0.717, 1.165) is 5.56 Å². The first kappa shape index (κ1) is 15.8. The molecule has 0 bridgehead atoms. The van der Waals surface area contributed by atoms with Crippen LogP contribution < -0.4 is 10.5 Å². The van der Waals surface area contributed by atoms with Gasteiger partial charge in [0, 0.05) is 19.6 Å². The minimum absolute atomic E-state index is 0.0191. The summed E-state index contributed by atoms with van der Waals surface area (Å²) in [7, 11) is 0. The number of benzene rings is 1. The Morgan fingerprint density at radius 3 is 2.26 bits per heavy atom. The van der Waals surface area contributed by atoms with Crippen molar-refractivity contribution in [2.75, 3.05) is 19.8 Å². The lowest BCUT2D eigenvalue weighted by atomic mass is 10.2. The predicted octanol–water partition coefficient (Wildman–Crippen LogP) is 2.88. The Hall–Kier alpha value is -1.27. The molecule has 0 atom stereocenters. The minimum atomic E-state index is -4.11. The molecule has 0 aliphatic rings. The number of rotatable bonds is 8. The second-order valence-electron chi connectivity index (χ2n) is 4.03. The lowest BCUT2D eigenvalue weighted by Crippen LogP contribution is -2.11. The highest BCUT2D eigenvalue weighted by Gasteiger charge is 2.25. The molecular formula is C13H18F3NO2. The van der Waals surface area contributed by atoms with Gasteiger partial charge in [0.25, 0.3) is 0 Å². The Balaban J connectivity index is 2.04. The van der Waals surface area contributed by atoms with Gasteiger partial charge in [0.1, 0.15) is 12.4 Å². The van der Waals surface area contributed by atoms with Gasteiger partial charge in [0.05, 0.1) is 6.61 Å². The van der Waals surface area contributed by atoms with E-state index < -0.39 is 12.6 Å². The third-order valence-electron chi connectivity index (χ3n) is 2.40. The van der Waals surface area contributed by atoms with Crippen LogP contribution in [0.4, 0.5) is 13.2 Å². The van der Waals surface area contributed by atoms with Crippen LogP contribution in [0.5, 0.6) is 5.75 Å². The van der Waals surface area contributed by atoms with E-state index in [1.807, 2.05) is 12.1 Å². The van der Waals surface area contributed by atoms with Crippen LogP contribution in [0.1, 0.15) is 18.4 Å². The van der Waals surface area contributed by atoms with Crippen molar-refractivity contribution in [1.82, 2.24) is 0 Å². The fourth-order valence-electron chi connectivity index (χ4n) is 1.42. The first-order valence-electron chi connectivity index (χ1n) is 6.07. The highest BCUT2D eigenvalue weighted by atomic mass is 19.4. The monoisotopic (exact) mass is 277 g/mol. The third-order valence-corrected chi connectivity index (χ3v) is 2.40. The first-order valence-corrected chi connectivity index (χ1v) is 6.07. The van der Waals surface area contributed by atoms with Gasteiger partial charge >= 0.3 is 6.18 Å². The molecule has 0 saturated heterocycles. The van der Waals surface area contributed by atoms with Crippen LogP contribution in [0.15, 0.2) is 24.3 Å². The molecule has 1 aromatic carbocycles. The molecule has 6 heteroatoms. The molecule has 0 spiro atoms. The summed E-state index contributed by atoms with van der Waals surface area (Å²) < 4.78 is 45.9. The zero-order valence-corrected chi connectivity index (χ0v) is 10.6. The maximum Gasteiger partial charge on any atom is 0.389 e. The molecule has 2 N–H and O–H groups in total. The predicted molar refractivity (Wildman–Crippen MR) is 65.9 cm³/mol. The molecule has 19 heavy (non-hydrogen) atoms. The number of hydrogen-bond donors (Lipinski definition) is 1. The Morgan fingerprint density at radius 1 is 1.00 bits per heavy atom. The van der Waals surface area contributed by atoms with E-state index in [1.54, 1.807) is 12.1 Å². The summed E-state index contributed by atoms with van der Waals surface area (Å²) in [4.78, 5) is 0. The van der Waals surface area contributed by atoms with Crippen LogP contribution in [0, 0.1) is 0 Å². The van der Waals surface area contributed by atoms with Crippen molar-refractivity contribution in [2.45, 2.75) is 25.6 Å². The van der Waals surface area contributed by atoms with Crippen molar-refractivity contribution in [3.63, 3.8) is 0 Å². The SMILES string of the molecule is NCc1ccc(OCCOCCCC(F)(F)F)cc1. The standard InChI is InChI=1S/C13H18F3NO2/c14-13(15,16)6-1-7-18-8-9-19-12-4-2-11(10-17)3-5-12/h2-5H,1,6-10,17H2. The highest BCUT2D eigenvalue weighted by Crippen LogP contribution is 2.20. The molecule has 0 saturated carbocycles. The lowest BCUT2D eigenvalue weighted by Gasteiger charge is -2.08. The van der Waals surface area contributed by atoms with Gasteiger partial charge in [-0.05, 0) is 24.1 Å². The fourth-order valence-corrected chi connectivity index (χ4v) is 1.42. The third kappa shape index (κ3) is 7.69. The molecule has 3 nitrogen and oxygen atoms in total. The van der Waals surface area contributed by atoms with Gasteiger partial charge in [-0.2, -0.15) is 13.2 Å². The summed E-state index contributed by atoms with van der Waals surface area (Å²) in [6, 6.07) is 7.32. The van der Waals surface area contributed by atoms with Crippen LogP contribution in [-0.2, 0) is 11.3 Å². The second-order valence-corrected chi connectivity index (χ2v) is 4.03. The minimum Gasteiger partial charge on any atom is -0.491 e. The number of nitrogens with two attached hydrogens (primary N) is 1. The summed E-state index contributed by atoms with van der Waals surface area (Å²) in [6.07, 6.45) is -4.94. The zero-order chi connectivity index (χ0) is 14.1. The molecule has 0 fully saturated rings. The quantitative estimate of drug-likeness (QED) is 0.743. The van der Waals surface area contributed by atoms with Gasteiger partial charge in [0.15, 0.2) is 0 Å². The summed E-state index contributed by atoms with van der Waals surface area (Å²) in [5, 5.41) is 0. The molecule has 0 aliphatic carbocycles. The first-order chi connectivity index (χ1) is 9.01. The molecule has 0 unspecified atom stereocenters. The van der Waals surface area contributed by atoms with Crippen molar-refractivity contribution >= 4 is 0 Å². The van der Waals surface area contributed by atoms with Gasteiger partial charge in [0.2, 0.25) is 0 Å². The van der Waals surface area contributed by atoms with Crippen molar-refractivity contribution in [1.29, 1.82) is 0 Å². The van der Waals surface area contributed by atoms with Crippen molar-refractivity contribution in [3.8, 4) is 5.75 Å². The van der Waals surface area contributed by atoms with E-state index in [1.165, 1.54) is 0 Å². The van der Waals surface area contributed by atoms with E-state index in [0.29, 0.717) is 18.9 Å². The molecule has 1 aromatic rings. The summed E-state index contributed by atoms with van der Waals surface area (Å²) in [5.74, 6) is 0.691. The zero-order valence-electron chi connectivity index (χ0n) is 10.6. The maximum atomic E-state index is 11.8. The van der Waals surface area contributed by atoms with Crippen LogP contribution in [-0.4, -0.2) is 26.0 Å². The van der Waals surface area contributed by atoms with Crippen LogP contribution in [0.25, 0.3) is 0 Å². The van der Waals surface area contributed by atoms with E-state index in [9.17, 15) is 13.2 Å². The number of hydrogen-bond acceptors (Lipinski definition) is 3. The summed E-state index contributed by atoms with van der Waals surface area (Å²) in [6.45, 7) is 1.15. The van der Waals surface area contributed by atoms with Gasteiger partial charge in [-0.1, -0.05) is 12.1 Å².